The average molecular weight is 253 g/mol. The lowest BCUT2D eigenvalue weighted by Crippen LogP contribution is -2.29. The third kappa shape index (κ3) is 3.31. The molecular weight excluding hydrogens is 234 g/mol. The fourth-order valence-electron chi connectivity index (χ4n) is 2.16. The molecule has 3 heteroatoms. The van der Waals surface area contributed by atoms with Crippen molar-refractivity contribution in [2.45, 2.75) is 19.4 Å². The Balaban J connectivity index is 2.22. The molecule has 1 atom stereocenters. The van der Waals surface area contributed by atoms with E-state index in [0.29, 0.717) is 6.54 Å². The summed E-state index contributed by atoms with van der Waals surface area (Å²) in [6.07, 6.45) is 2.66. The maximum absolute atomic E-state index is 5.88. The first-order valence-electron chi connectivity index (χ1n) is 6.53. The summed E-state index contributed by atoms with van der Waals surface area (Å²) in [4.78, 5) is 4.47. The van der Waals surface area contributed by atoms with Crippen LogP contribution in [-0.2, 0) is 0 Å². The molecule has 1 aromatic carbocycles. The monoisotopic (exact) mass is 253 g/mol. The lowest BCUT2D eigenvalue weighted by atomic mass is 10.0. The highest BCUT2D eigenvalue weighted by molar-refractivity contribution is 5.82. The molecule has 1 unspecified atom stereocenters. The summed E-state index contributed by atoms with van der Waals surface area (Å²) in [7, 11) is 0. The number of pyridine rings is 1. The SMILES string of the molecule is CC#CCCNC(CN)c1cccc2cccnc12. The quantitative estimate of drug-likeness (QED) is 0.634. The van der Waals surface area contributed by atoms with E-state index in [2.05, 4.69) is 46.4 Å². The lowest BCUT2D eigenvalue weighted by molar-refractivity contribution is 0.553. The number of rotatable bonds is 5. The van der Waals surface area contributed by atoms with E-state index in [4.69, 9.17) is 5.73 Å². The van der Waals surface area contributed by atoms with Gasteiger partial charge in [-0.1, -0.05) is 24.3 Å². The van der Waals surface area contributed by atoms with E-state index in [9.17, 15) is 0 Å². The van der Waals surface area contributed by atoms with Crippen LogP contribution >= 0.6 is 0 Å². The third-order valence-electron chi connectivity index (χ3n) is 3.09. The molecule has 0 bridgehead atoms. The highest BCUT2D eigenvalue weighted by Gasteiger charge is 2.12. The van der Waals surface area contributed by atoms with E-state index in [0.717, 1.165) is 29.4 Å². The van der Waals surface area contributed by atoms with Crippen molar-refractivity contribution < 1.29 is 0 Å². The predicted octanol–water partition coefficient (Wildman–Crippen LogP) is 2.24. The third-order valence-corrected chi connectivity index (χ3v) is 3.09. The van der Waals surface area contributed by atoms with Crippen LogP contribution in [0, 0.1) is 11.8 Å². The summed E-state index contributed by atoms with van der Waals surface area (Å²) in [5.74, 6) is 5.94. The van der Waals surface area contributed by atoms with Crippen LogP contribution in [0.3, 0.4) is 0 Å². The fourth-order valence-corrected chi connectivity index (χ4v) is 2.16. The molecule has 19 heavy (non-hydrogen) atoms. The smallest absolute Gasteiger partial charge is 0.0750 e. The molecule has 1 aromatic heterocycles. The Kier molecular flexibility index (Phi) is 4.91. The Morgan fingerprint density at radius 1 is 1.32 bits per heavy atom. The molecule has 0 aliphatic heterocycles. The second kappa shape index (κ2) is 6.89. The molecular formula is C16H19N3. The van der Waals surface area contributed by atoms with E-state index in [-0.39, 0.29) is 6.04 Å². The van der Waals surface area contributed by atoms with Gasteiger partial charge in [-0.05, 0) is 18.6 Å². The van der Waals surface area contributed by atoms with Gasteiger partial charge in [0.1, 0.15) is 0 Å². The number of nitrogens with two attached hydrogens (primary N) is 1. The van der Waals surface area contributed by atoms with Crippen LogP contribution in [-0.4, -0.2) is 18.1 Å². The average Bonchev–Trinajstić information content (AvgIpc) is 2.47. The molecule has 0 amide bonds. The number of nitrogens with one attached hydrogen (secondary N) is 1. The summed E-state index contributed by atoms with van der Waals surface area (Å²) in [5.41, 5.74) is 8.06. The van der Waals surface area contributed by atoms with Crippen LogP contribution in [0.5, 0.6) is 0 Å². The topological polar surface area (TPSA) is 50.9 Å². The number of hydrogen-bond acceptors (Lipinski definition) is 3. The lowest BCUT2D eigenvalue weighted by Gasteiger charge is -2.18. The summed E-state index contributed by atoms with van der Waals surface area (Å²) in [6, 6.07) is 10.4. The summed E-state index contributed by atoms with van der Waals surface area (Å²) >= 11 is 0. The van der Waals surface area contributed by atoms with Gasteiger partial charge in [0.15, 0.2) is 0 Å². The van der Waals surface area contributed by atoms with Crippen molar-refractivity contribution >= 4 is 10.9 Å². The van der Waals surface area contributed by atoms with Crippen molar-refractivity contribution in [2.24, 2.45) is 5.73 Å². The standard InChI is InChI=1S/C16H19N3/c1-2-3-4-10-18-15(12-17)14-9-5-7-13-8-6-11-19-16(13)14/h5-9,11,15,18H,4,10,12,17H2,1H3. The Labute approximate surface area is 114 Å². The minimum Gasteiger partial charge on any atom is -0.329 e. The van der Waals surface area contributed by atoms with Crippen LogP contribution in [0.4, 0.5) is 0 Å². The van der Waals surface area contributed by atoms with E-state index in [1.807, 2.05) is 19.2 Å². The zero-order chi connectivity index (χ0) is 13.5. The minimum atomic E-state index is 0.122. The Morgan fingerprint density at radius 3 is 2.95 bits per heavy atom. The van der Waals surface area contributed by atoms with Crippen molar-refractivity contribution in [3.05, 3.63) is 42.1 Å². The molecule has 0 spiro atoms. The second-order valence-corrected chi connectivity index (χ2v) is 4.34. The van der Waals surface area contributed by atoms with Crippen LogP contribution < -0.4 is 11.1 Å². The zero-order valence-corrected chi connectivity index (χ0v) is 11.2. The first kappa shape index (κ1) is 13.5. The van der Waals surface area contributed by atoms with Crippen molar-refractivity contribution in [1.29, 1.82) is 0 Å². The van der Waals surface area contributed by atoms with Crippen molar-refractivity contribution in [3.8, 4) is 11.8 Å². The summed E-state index contributed by atoms with van der Waals surface area (Å²) in [5, 5.41) is 4.59. The van der Waals surface area contributed by atoms with Gasteiger partial charge in [0.05, 0.1) is 5.52 Å². The van der Waals surface area contributed by atoms with Crippen molar-refractivity contribution in [3.63, 3.8) is 0 Å². The molecule has 2 aromatic rings. The molecule has 0 fully saturated rings. The van der Waals surface area contributed by atoms with E-state index in [1.54, 1.807) is 0 Å². The minimum absolute atomic E-state index is 0.122. The molecule has 98 valence electrons. The van der Waals surface area contributed by atoms with E-state index in [1.165, 1.54) is 0 Å². The second-order valence-electron chi connectivity index (χ2n) is 4.34. The van der Waals surface area contributed by atoms with Gasteiger partial charge < -0.3 is 11.1 Å². The summed E-state index contributed by atoms with van der Waals surface area (Å²) < 4.78 is 0. The van der Waals surface area contributed by atoms with Crippen molar-refractivity contribution in [1.82, 2.24) is 10.3 Å². The maximum Gasteiger partial charge on any atom is 0.0750 e. The van der Waals surface area contributed by atoms with Gasteiger partial charge >= 0.3 is 0 Å². The number of hydrogen-bond donors (Lipinski definition) is 2. The number of nitrogens with zero attached hydrogens (tertiary/aromatic N) is 1. The number of para-hydroxylation sites is 1. The molecule has 0 aliphatic carbocycles. The normalized spacial score (nSPS) is 11.9. The fraction of sp³-hybridized carbons (Fsp3) is 0.312. The van der Waals surface area contributed by atoms with Crippen LogP contribution in [0.25, 0.3) is 10.9 Å². The summed E-state index contributed by atoms with van der Waals surface area (Å²) in [6.45, 7) is 3.25. The molecule has 0 radical (unpaired) electrons. The number of fused-ring (bicyclic) bond motifs is 1. The first-order valence-corrected chi connectivity index (χ1v) is 6.53. The zero-order valence-electron chi connectivity index (χ0n) is 11.2. The largest absolute Gasteiger partial charge is 0.329 e. The van der Waals surface area contributed by atoms with E-state index >= 15 is 0 Å². The molecule has 3 nitrogen and oxygen atoms in total. The molecule has 0 aliphatic rings. The van der Waals surface area contributed by atoms with Gasteiger partial charge in [-0.3, -0.25) is 4.98 Å². The van der Waals surface area contributed by atoms with Gasteiger partial charge in [0.2, 0.25) is 0 Å². The molecule has 0 saturated carbocycles. The van der Waals surface area contributed by atoms with Gasteiger partial charge in [-0.25, -0.2) is 0 Å². The van der Waals surface area contributed by atoms with Gasteiger partial charge in [0.25, 0.3) is 0 Å². The number of aromatic nitrogens is 1. The Bertz CT molecular complexity index is 590. The highest BCUT2D eigenvalue weighted by atomic mass is 14.9. The maximum atomic E-state index is 5.88. The Morgan fingerprint density at radius 2 is 2.16 bits per heavy atom. The first-order chi connectivity index (χ1) is 9.36. The van der Waals surface area contributed by atoms with E-state index < -0.39 is 0 Å². The van der Waals surface area contributed by atoms with Crippen LogP contribution in [0.2, 0.25) is 0 Å². The van der Waals surface area contributed by atoms with Crippen molar-refractivity contribution in [2.75, 3.05) is 13.1 Å². The number of benzene rings is 1. The van der Waals surface area contributed by atoms with Gasteiger partial charge in [-0.15, -0.1) is 11.8 Å². The predicted molar refractivity (Wildman–Crippen MR) is 79.6 cm³/mol. The van der Waals surface area contributed by atoms with Gasteiger partial charge in [-0.2, -0.15) is 0 Å². The van der Waals surface area contributed by atoms with Crippen LogP contribution in [0.15, 0.2) is 36.5 Å². The van der Waals surface area contributed by atoms with Gasteiger partial charge in [0, 0.05) is 37.1 Å². The van der Waals surface area contributed by atoms with Crippen LogP contribution in [0.1, 0.15) is 24.9 Å². The molecule has 2 rings (SSSR count). The Hall–Kier alpha value is -1.89. The highest BCUT2D eigenvalue weighted by Crippen LogP contribution is 2.21. The molecule has 0 saturated heterocycles. The molecule has 3 N–H and O–H groups in total. The molecule has 1 heterocycles.